The molecule has 0 unspecified atom stereocenters. The summed E-state index contributed by atoms with van der Waals surface area (Å²) in [6.07, 6.45) is 2.86. The van der Waals surface area contributed by atoms with Gasteiger partial charge in [-0.1, -0.05) is 54.9 Å². The molecule has 2 aromatic carbocycles. The fourth-order valence-electron chi connectivity index (χ4n) is 6.17. The largest absolute Gasteiger partial charge is 0.340 e. The summed E-state index contributed by atoms with van der Waals surface area (Å²) in [6, 6.07) is 14.0. The van der Waals surface area contributed by atoms with Gasteiger partial charge in [-0.25, -0.2) is 8.42 Å². The Morgan fingerprint density at radius 2 is 1.78 bits per heavy atom. The third-order valence-corrected chi connectivity index (χ3v) is 11.1. The number of likely N-dealkylation sites (tertiary alicyclic amines) is 1. The first-order chi connectivity index (χ1) is 19.2. The highest BCUT2D eigenvalue weighted by atomic mass is 79.9. The van der Waals surface area contributed by atoms with Crippen LogP contribution in [0.4, 0.5) is 0 Å². The average molecular weight is 647 g/mol. The van der Waals surface area contributed by atoms with Gasteiger partial charge < -0.3 is 15.1 Å². The molecule has 224 valence electrons. The molecule has 7 nitrogen and oxygen atoms in total. The summed E-state index contributed by atoms with van der Waals surface area (Å²) in [4.78, 5) is 31.5. The highest BCUT2D eigenvalue weighted by Gasteiger charge is 2.44. The lowest BCUT2D eigenvalue weighted by Gasteiger charge is -2.44. The van der Waals surface area contributed by atoms with Crippen LogP contribution in [0.15, 0.2) is 57.9 Å². The van der Waals surface area contributed by atoms with E-state index in [0.29, 0.717) is 35.9 Å². The molecule has 0 spiro atoms. The molecule has 1 heterocycles. The van der Waals surface area contributed by atoms with E-state index < -0.39 is 15.9 Å². The highest BCUT2D eigenvalue weighted by Crippen LogP contribution is 2.36. The Morgan fingerprint density at radius 3 is 2.41 bits per heavy atom. The van der Waals surface area contributed by atoms with E-state index in [0.717, 1.165) is 22.9 Å². The zero-order valence-corrected chi connectivity index (χ0v) is 27.5. The van der Waals surface area contributed by atoms with E-state index in [1.807, 2.05) is 23.1 Å². The van der Waals surface area contributed by atoms with E-state index in [4.69, 9.17) is 0 Å². The topological polar surface area (TPSA) is 86.8 Å². The summed E-state index contributed by atoms with van der Waals surface area (Å²) in [7, 11) is -1.43. The molecule has 1 aliphatic heterocycles. The van der Waals surface area contributed by atoms with Crippen LogP contribution in [0, 0.1) is 5.92 Å². The van der Waals surface area contributed by atoms with Gasteiger partial charge in [-0.3, -0.25) is 9.59 Å². The Hall–Kier alpha value is -2.23. The van der Waals surface area contributed by atoms with Crippen molar-refractivity contribution in [1.29, 1.82) is 0 Å². The number of halogens is 1. The Bertz CT molecular complexity index is 1360. The first-order valence-corrected chi connectivity index (χ1v) is 17.0. The Morgan fingerprint density at radius 1 is 1.10 bits per heavy atom. The first-order valence-electron chi connectivity index (χ1n) is 14.6. The summed E-state index contributed by atoms with van der Waals surface area (Å²) in [5.74, 6) is -0.592. The fourth-order valence-corrected chi connectivity index (χ4v) is 8.35. The zero-order valence-electron chi connectivity index (χ0n) is 25.1. The van der Waals surface area contributed by atoms with Crippen molar-refractivity contribution in [3.8, 4) is 0 Å². The van der Waals surface area contributed by atoms with Crippen molar-refractivity contribution in [2.45, 2.75) is 94.8 Å². The van der Waals surface area contributed by atoms with Gasteiger partial charge in [0.05, 0.1) is 10.6 Å². The maximum absolute atomic E-state index is 13.7. The van der Waals surface area contributed by atoms with Crippen LogP contribution in [0.2, 0.25) is 0 Å². The van der Waals surface area contributed by atoms with Crippen molar-refractivity contribution in [2.24, 2.45) is 5.92 Å². The second-order valence-corrected chi connectivity index (χ2v) is 15.9. The number of benzene rings is 2. The SMILES string of the molecule is CC(C)N(C)[C@@H]1CC[C@H](N2CC[C@H](NC(=O)c3cc(Br)cc(C(C)(C)C)c3)C2=O)[C@H](CS(=O)(=O)c2ccccc2)C1. The summed E-state index contributed by atoms with van der Waals surface area (Å²) in [5.41, 5.74) is 1.41. The number of carbonyl (C=O) groups excluding carboxylic acids is 2. The summed E-state index contributed by atoms with van der Waals surface area (Å²) < 4.78 is 27.8. The zero-order chi connectivity index (χ0) is 30.1. The Labute approximate surface area is 254 Å². The molecule has 2 aliphatic rings. The molecule has 9 heteroatoms. The first kappa shape index (κ1) is 31.7. The molecular weight excluding hydrogens is 602 g/mol. The van der Waals surface area contributed by atoms with E-state index in [9.17, 15) is 18.0 Å². The quantitative estimate of drug-likeness (QED) is 0.414. The van der Waals surface area contributed by atoms with Crippen LogP contribution in [0.5, 0.6) is 0 Å². The van der Waals surface area contributed by atoms with Gasteiger partial charge in [0.2, 0.25) is 5.91 Å². The molecular formula is C32H44BrN3O4S. The summed E-state index contributed by atoms with van der Waals surface area (Å²) >= 11 is 3.52. The van der Waals surface area contributed by atoms with Crippen LogP contribution in [-0.2, 0) is 20.0 Å². The molecule has 0 bridgehead atoms. The van der Waals surface area contributed by atoms with Gasteiger partial charge in [-0.2, -0.15) is 0 Å². The van der Waals surface area contributed by atoms with Crippen molar-refractivity contribution in [2.75, 3.05) is 19.3 Å². The molecule has 41 heavy (non-hydrogen) atoms. The van der Waals surface area contributed by atoms with Crippen molar-refractivity contribution in [3.63, 3.8) is 0 Å². The van der Waals surface area contributed by atoms with Crippen LogP contribution >= 0.6 is 15.9 Å². The van der Waals surface area contributed by atoms with Crippen molar-refractivity contribution < 1.29 is 18.0 Å². The fraction of sp³-hybridized carbons (Fsp3) is 0.562. The van der Waals surface area contributed by atoms with E-state index in [-0.39, 0.29) is 41.0 Å². The van der Waals surface area contributed by atoms with Crippen LogP contribution < -0.4 is 5.32 Å². The van der Waals surface area contributed by atoms with E-state index in [2.05, 4.69) is 67.8 Å². The maximum atomic E-state index is 13.7. The van der Waals surface area contributed by atoms with Gasteiger partial charge in [-0.15, -0.1) is 0 Å². The average Bonchev–Trinajstić information content (AvgIpc) is 3.26. The molecule has 0 aromatic heterocycles. The molecule has 1 saturated carbocycles. The predicted octanol–water partition coefficient (Wildman–Crippen LogP) is 5.43. The lowest BCUT2D eigenvalue weighted by atomic mass is 9.81. The number of amides is 2. The van der Waals surface area contributed by atoms with Crippen LogP contribution in [0.3, 0.4) is 0 Å². The lowest BCUT2D eigenvalue weighted by molar-refractivity contribution is -0.133. The number of hydrogen-bond donors (Lipinski definition) is 1. The number of rotatable bonds is 8. The number of sulfone groups is 1. The third kappa shape index (κ3) is 7.41. The predicted molar refractivity (Wildman–Crippen MR) is 167 cm³/mol. The summed E-state index contributed by atoms with van der Waals surface area (Å²) in [6.45, 7) is 11.1. The van der Waals surface area contributed by atoms with E-state index in [1.54, 1.807) is 30.3 Å². The molecule has 2 aromatic rings. The molecule has 4 rings (SSSR count). The van der Waals surface area contributed by atoms with Crippen molar-refractivity contribution in [3.05, 3.63) is 64.1 Å². The van der Waals surface area contributed by atoms with E-state index in [1.165, 1.54) is 0 Å². The number of hydrogen-bond acceptors (Lipinski definition) is 5. The molecule has 1 N–H and O–H groups in total. The second kappa shape index (κ2) is 12.6. The number of nitrogens with zero attached hydrogens (tertiary/aromatic N) is 2. The van der Waals surface area contributed by atoms with Gasteiger partial charge in [0.15, 0.2) is 9.84 Å². The minimum absolute atomic E-state index is 0.00145. The third-order valence-electron chi connectivity index (χ3n) is 8.81. The minimum Gasteiger partial charge on any atom is -0.340 e. The maximum Gasteiger partial charge on any atom is 0.251 e. The molecule has 2 amide bonds. The minimum atomic E-state index is -3.53. The highest BCUT2D eigenvalue weighted by molar-refractivity contribution is 9.10. The molecule has 1 aliphatic carbocycles. The van der Waals surface area contributed by atoms with Gasteiger partial charge in [0, 0.05) is 34.7 Å². The smallest absolute Gasteiger partial charge is 0.251 e. The summed E-state index contributed by atoms with van der Waals surface area (Å²) in [5, 5.41) is 2.97. The monoisotopic (exact) mass is 645 g/mol. The van der Waals surface area contributed by atoms with Gasteiger partial charge in [0.25, 0.3) is 5.91 Å². The van der Waals surface area contributed by atoms with Crippen LogP contribution in [0.25, 0.3) is 0 Å². The molecule has 0 radical (unpaired) electrons. The van der Waals surface area contributed by atoms with Crippen LogP contribution in [-0.4, -0.2) is 73.5 Å². The van der Waals surface area contributed by atoms with Gasteiger partial charge in [0.1, 0.15) is 6.04 Å². The van der Waals surface area contributed by atoms with E-state index >= 15 is 0 Å². The number of nitrogens with one attached hydrogen (secondary N) is 1. The number of carbonyl (C=O) groups is 2. The van der Waals surface area contributed by atoms with Gasteiger partial charge in [-0.05, 0) is 93.8 Å². The van der Waals surface area contributed by atoms with Crippen molar-refractivity contribution in [1.82, 2.24) is 15.1 Å². The molecule has 1 saturated heterocycles. The molecule has 4 atom stereocenters. The Kier molecular flexibility index (Phi) is 9.71. The van der Waals surface area contributed by atoms with Crippen LogP contribution in [0.1, 0.15) is 76.2 Å². The molecule has 2 fully saturated rings. The second-order valence-electron chi connectivity index (χ2n) is 13.0. The Balaban J connectivity index is 1.53. The lowest BCUT2D eigenvalue weighted by Crippen LogP contribution is -2.53. The normalized spacial score (nSPS) is 23.8. The van der Waals surface area contributed by atoms with Gasteiger partial charge >= 0.3 is 0 Å². The standard InChI is InChI=1S/C32H44BrN3O4S/c1-21(2)35(6)26-12-13-29(23(18-26)20-41(39,40)27-10-8-7-9-11-27)36-15-14-28(31(36)38)34-30(37)22-16-24(32(3,4)5)19-25(33)17-22/h7-11,16-17,19,21,23,26,28-29H,12-15,18,20H2,1-6H3,(H,34,37)/t23-,26+,28-,29-/m0/s1. The van der Waals surface area contributed by atoms with Crippen molar-refractivity contribution >= 4 is 37.6 Å².